The van der Waals surface area contributed by atoms with Crippen LogP contribution in [0.5, 0.6) is 11.6 Å². The van der Waals surface area contributed by atoms with Crippen LogP contribution in [-0.2, 0) is 7.05 Å². The molecule has 3 aromatic heterocycles. The van der Waals surface area contributed by atoms with E-state index in [1.54, 1.807) is 54.6 Å². The van der Waals surface area contributed by atoms with Gasteiger partial charge in [-0.3, -0.25) is 4.98 Å². The van der Waals surface area contributed by atoms with Gasteiger partial charge in [0, 0.05) is 54.9 Å². The van der Waals surface area contributed by atoms with E-state index in [4.69, 9.17) is 22.1 Å². The molecule has 1 aromatic carbocycles. The van der Waals surface area contributed by atoms with Crippen LogP contribution in [0.2, 0.25) is 5.02 Å². The highest BCUT2D eigenvalue weighted by Crippen LogP contribution is 2.35. The molecule has 3 heterocycles. The minimum Gasteiger partial charge on any atom is -0.438 e. The van der Waals surface area contributed by atoms with Crippen molar-refractivity contribution >= 4 is 11.6 Å². The third-order valence-electron chi connectivity index (χ3n) is 4.44. The van der Waals surface area contributed by atoms with E-state index < -0.39 is 6.10 Å². The Morgan fingerprint density at radius 1 is 1.10 bits per heavy atom. The van der Waals surface area contributed by atoms with E-state index >= 15 is 0 Å². The minimum atomic E-state index is -0.806. The van der Waals surface area contributed by atoms with Crippen molar-refractivity contribution in [1.82, 2.24) is 24.7 Å². The number of nitrogens with zero attached hydrogens (tertiary/aromatic N) is 5. The SMILES string of the molecule is Cn1nc(-c2ccccn2)cc1Oc1cc(Cl)ccc1-c1ncc([C@H](O)CN)cn1. The number of aliphatic hydroxyl groups excluding tert-OH is 1. The van der Waals surface area contributed by atoms with Gasteiger partial charge in [0.1, 0.15) is 11.4 Å². The molecule has 0 unspecified atom stereocenters. The first-order valence-corrected chi connectivity index (χ1v) is 9.56. The summed E-state index contributed by atoms with van der Waals surface area (Å²) in [5, 5.41) is 14.8. The molecule has 8 nitrogen and oxygen atoms in total. The molecule has 4 aromatic rings. The number of rotatable bonds is 6. The zero-order chi connectivity index (χ0) is 21.1. The summed E-state index contributed by atoms with van der Waals surface area (Å²) in [7, 11) is 1.78. The van der Waals surface area contributed by atoms with Gasteiger partial charge < -0.3 is 15.6 Å². The Morgan fingerprint density at radius 2 is 1.90 bits per heavy atom. The van der Waals surface area contributed by atoms with Gasteiger partial charge in [0.2, 0.25) is 5.88 Å². The highest BCUT2D eigenvalue weighted by Gasteiger charge is 2.16. The normalized spacial score (nSPS) is 12.0. The molecule has 0 bridgehead atoms. The predicted molar refractivity (Wildman–Crippen MR) is 113 cm³/mol. The number of hydrogen-bond donors (Lipinski definition) is 2. The molecule has 0 spiro atoms. The van der Waals surface area contributed by atoms with E-state index in [-0.39, 0.29) is 6.54 Å². The standard InChI is InChI=1S/C21H19ClN6O2/c1-28-20(9-17(27-28)16-4-2-3-7-24-16)30-19-8-14(22)5-6-15(19)21-25-11-13(12-26-21)18(29)10-23/h2-9,11-12,18,29H,10,23H2,1H3/t18-/m1/s1. The van der Waals surface area contributed by atoms with Crippen LogP contribution in [0.4, 0.5) is 0 Å². The van der Waals surface area contributed by atoms with E-state index in [0.29, 0.717) is 39.3 Å². The highest BCUT2D eigenvalue weighted by atomic mass is 35.5. The molecule has 0 aliphatic carbocycles. The average Bonchev–Trinajstić information content (AvgIpc) is 3.14. The predicted octanol–water partition coefficient (Wildman–Crippen LogP) is 3.38. The van der Waals surface area contributed by atoms with Crippen LogP contribution in [0.15, 0.2) is 61.1 Å². The first-order chi connectivity index (χ1) is 14.5. The van der Waals surface area contributed by atoms with Gasteiger partial charge in [-0.1, -0.05) is 17.7 Å². The number of nitrogens with two attached hydrogens (primary N) is 1. The van der Waals surface area contributed by atoms with Gasteiger partial charge in [-0.2, -0.15) is 5.10 Å². The second-order valence-corrected chi connectivity index (χ2v) is 6.98. The minimum absolute atomic E-state index is 0.0944. The Morgan fingerprint density at radius 3 is 2.60 bits per heavy atom. The van der Waals surface area contributed by atoms with E-state index in [9.17, 15) is 5.11 Å². The number of benzene rings is 1. The topological polar surface area (TPSA) is 112 Å². The molecule has 0 fully saturated rings. The molecule has 0 aliphatic rings. The summed E-state index contributed by atoms with van der Waals surface area (Å²) in [4.78, 5) is 13.0. The lowest BCUT2D eigenvalue weighted by Crippen LogP contribution is -2.12. The molecule has 0 radical (unpaired) electrons. The zero-order valence-electron chi connectivity index (χ0n) is 16.1. The molecule has 152 valence electrons. The number of aliphatic hydroxyl groups is 1. The van der Waals surface area contributed by atoms with Crippen LogP contribution in [0.1, 0.15) is 11.7 Å². The fourth-order valence-corrected chi connectivity index (χ4v) is 3.01. The lowest BCUT2D eigenvalue weighted by atomic mass is 10.1. The van der Waals surface area contributed by atoms with Crippen molar-refractivity contribution in [2.75, 3.05) is 6.54 Å². The highest BCUT2D eigenvalue weighted by molar-refractivity contribution is 6.30. The van der Waals surface area contributed by atoms with Crippen molar-refractivity contribution in [3.8, 4) is 34.4 Å². The maximum Gasteiger partial charge on any atom is 0.218 e. The van der Waals surface area contributed by atoms with Crippen LogP contribution >= 0.6 is 11.6 Å². The molecule has 0 amide bonds. The Hall–Kier alpha value is -3.33. The number of hydrogen-bond acceptors (Lipinski definition) is 7. The Bertz CT molecular complexity index is 1150. The molecule has 9 heteroatoms. The third-order valence-corrected chi connectivity index (χ3v) is 4.68. The van der Waals surface area contributed by atoms with Crippen molar-refractivity contribution in [3.05, 3.63) is 71.6 Å². The molecule has 4 rings (SSSR count). The van der Waals surface area contributed by atoms with Gasteiger partial charge in [-0.05, 0) is 24.3 Å². The summed E-state index contributed by atoms with van der Waals surface area (Å²) in [6, 6.07) is 12.6. The van der Waals surface area contributed by atoms with Gasteiger partial charge in [-0.15, -0.1) is 0 Å². The smallest absolute Gasteiger partial charge is 0.218 e. The number of ether oxygens (including phenoxy) is 1. The summed E-state index contributed by atoms with van der Waals surface area (Å²) in [5.41, 5.74) is 8.11. The van der Waals surface area contributed by atoms with Crippen molar-refractivity contribution in [2.24, 2.45) is 12.8 Å². The molecule has 0 saturated carbocycles. The van der Waals surface area contributed by atoms with E-state index in [1.807, 2.05) is 18.2 Å². The fourth-order valence-electron chi connectivity index (χ4n) is 2.85. The monoisotopic (exact) mass is 422 g/mol. The van der Waals surface area contributed by atoms with Gasteiger partial charge in [0.15, 0.2) is 5.82 Å². The fraction of sp³-hybridized carbons (Fsp3) is 0.143. The quantitative estimate of drug-likeness (QED) is 0.489. The van der Waals surface area contributed by atoms with Gasteiger partial charge in [0.25, 0.3) is 0 Å². The largest absolute Gasteiger partial charge is 0.438 e. The first-order valence-electron chi connectivity index (χ1n) is 9.18. The lowest BCUT2D eigenvalue weighted by molar-refractivity contribution is 0.186. The Kier molecular flexibility index (Phi) is 5.71. The Labute approximate surface area is 178 Å². The van der Waals surface area contributed by atoms with Crippen molar-refractivity contribution in [2.45, 2.75) is 6.10 Å². The summed E-state index contributed by atoms with van der Waals surface area (Å²) in [5.74, 6) is 1.42. The molecular formula is C21H19ClN6O2. The number of pyridine rings is 1. The van der Waals surface area contributed by atoms with E-state index in [1.165, 1.54) is 0 Å². The van der Waals surface area contributed by atoms with Crippen molar-refractivity contribution in [1.29, 1.82) is 0 Å². The average molecular weight is 423 g/mol. The van der Waals surface area contributed by atoms with E-state index in [0.717, 1.165) is 5.69 Å². The van der Waals surface area contributed by atoms with Gasteiger partial charge in [-0.25, -0.2) is 14.6 Å². The van der Waals surface area contributed by atoms with Crippen LogP contribution in [0.25, 0.3) is 22.8 Å². The molecular weight excluding hydrogens is 404 g/mol. The van der Waals surface area contributed by atoms with Crippen LogP contribution in [-0.4, -0.2) is 36.4 Å². The second kappa shape index (κ2) is 8.58. The summed E-state index contributed by atoms with van der Waals surface area (Å²) in [6.07, 6.45) is 3.99. The van der Waals surface area contributed by atoms with Gasteiger partial charge >= 0.3 is 0 Å². The second-order valence-electron chi connectivity index (χ2n) is 6.54. The summed E-state index contributed by atoms with van der Waals surface area (Å²) in [6.45, 7) is 0.0944. The van der Waals surface area contributed by atoms with E-state index in [2.05, 4.69) is 20.1 Å². The van der Waals surface area contributed by atoms with Crippen LogP contribution in [0.3, 0.4) is 0 Å². The first kappa shape index (κ1) is 20.0. The zero-order valence-corrected chi connectivity index (χ0v) is 16.9. The van der Waals surface area contributed by atoms with Crippen molar-refractivity contribution in [3.63, 3.8) is 0 Å². The van der Waals surface area contributed by atoms with Gasteiger partial charge in [0.05, 0.1) is 17.4 Å². The Balaban J connectivity index is 1.67. The molecule has 30 heavy (non-hydrogen) atoms. The number of halogens is 1. The third kappa shape index (κ3) is 4.16. The molecule has 1 atom stereocenters. The molecule has 0 saturated heterocycles. The molecule has 0 aliphatic heterocycles. The van der Waals surface area contributed by atoms with Crippen molar-refractivity contribution < 1.29 is 9.84 Å². The summed E-state index contributed by atoms with van der Waals surface area (Å²) < 4.78 is 7.74. The van der Waals surface area contributed by atoms with Crippen LogP contribution < -0.4 is 10.5 Å². The maximum absolute atomic E-state index is 9.84. The number of aryl methyl sites for hydroxylation is 1. The van der Waals surface area contributed by atoms with Crippen LogP contribution in [0, 0.1) is 0 Å². The summed E-state index contributed by atoms with van der Waals surface area (Å²) >= 11 is 6.20. The lowest BCUT2D eigenvalue weighted by Gasteiger charge is -2.12. The number of aromatic nitrogens is 5. The maximum atomic E-state index is 9.84. The molecule has 3 N–H and O–H groups in total.